The Bertz CT molecular complexity index is 1610. The smallest absolute Gasteiger partial charge is 0.181 e. The van der Waals surface area contributed by atoms with Crippen molar-refractivity contribution in [3.63, 3.8) is 0 Å². The summed E-state index contributed by atoms with van der Waals surface area (Å²) in [6.07, 6.45) is 6.40. The van der Waals surface area contributed by atoms with Gasteiger partial charge in [0, 0.05) is 11.1 Å². The van der Waals surface area contributed by atoms with Crippen LogP contribution in [0, 0.1) is 0 Å². The van der Waals surface area contributed by atoms with Crippen molar-refractivity contribution in [2.75, 3.05) is 0 Å². The summed E-state index contributed by atoms with van der Waals surface area (Å²) in [5, 5.41) is 4.88. The maximum atomic E-state index is 5.48. The molecule has 4 heteroatoms. The maximum Gasteiger partial charge on any atom is 0.181 e. The molecule has 0 saturated heterocycles. The summed E-state index contributed by atoms with van der Waals surface area (Å²) in [5.74, 6) is 1.53. The Morgan fingerprint density at radius 3 is 1.03 bits per heavy atom. The molecule has 0 saturated carbocycles. The fourth-order valence-electron chi connectivity index (χ4n) is 5.07. The topological polar surface area (TPSA) is 52.1 Å². The van der Waals surface area contributed by atoms with E-state index in [1.807, 2.05) is 0 Å². The lowest BCUT2D eigenvalue weighted by atomic mass is 9.85. The standard InChI is InChI=1S/C32H20N2O2/c1-2-6-26-25(5-1)31(23-13-9-21(10-14-23)29-17-33-19-35-29)27-7-3-4-8-28(27)32(26)24-15-11-22(12-16-24)30-18-34-20-36-30/h1-20H. The normalized spacial score (nSPS) is 11.3. The van der Waals surface area contributed by atoms with Crippen LogP contribution < -0.4 is 0 Å². The van der Waals surface area contributed by atoms with Gasteiger partial charge in [0.1, 0.15) is 0 Å². The molecule has 0 aliphatic heterocycles. The second-order valence-electron chi connectivity index (χ2n) is 8.73. The minimum absolute atomic E-state index is 0.764. The van der Waals surface area contributed by atoms with Crippen LogP contribution in [0.4, 0.5) is 0 Å². The highest BCUT2D eigenvalue weighted by molar-refractivity contribution is 6.21. The van der Waals surface area contributed by atoms with Crippen LogP contribution >= 0.6 is 0 Å². The van der Waals surface area contributed by atoms with Gasteiger partial charge in [-0.15, -0.1) is 0 Å². The molecule has 0 aliphatic rings. The molecule has 5 aromatic carbocycles. The van der Waals surface area contributed by atoms with E-state index in [4.69, 9.17) is 8.83 Å². The van der Waals surface area contributed by atoms with Crippen molar-refractivity contribution in [1.82, 2.24) is 9.97 Å². The number of fused-ring (bicyclic) bond motifs is 2. The monoisotopic (exact) mass is 464 g/mol. The second kappa shape index (κ2) is 8.36. The van der Waals surface area contributed by atoms with Crippen molar-refractivity contribution >= 4 is 21.5 Å². The minimum Gasteiger partial charge on any atom is -0.444 e. The van der Waals surface area contributed by atoms with Gasteiger partial charge in [-0.1, -0.05) is 97.1 Å². The first kappa shape index (κ1) is 20.4. The van der Waals surface area contributed by atoms with Crippen molar-refractivity contribution in [3.05, 3.63) is 122 Å². The lowest BCUT2D eigenvalue weighted by molar-refractivity contribution is 0.571. The molecule has 2 aromatic heterocycles. The second-order valence-corrected chi connectivity index (χ2v) is 8.73. The molecule has 170 valence electrons. The molecule has 4 nitrogen and oxygen atoms in total. The van der Waals surface area contributed by atoms with Gasteiger partial charge in [0.05, 0.1) is 12.4 Å². The van der Waals surface area contributed by atoms with E-state index in [1.54, 1.807) is 12.4 Å². The number of aromatic nitrogens is 2. The van der Waals surface area contributed by atoms with Crippen LogP contribution in [-0.4, -0.2) is 9.97 Å². The molecule has 0 aliphatic carbocycles. The molecular formula is C32H20N2O2. The average molecular weight is 465 g/mol. The van der Waals surface area contributed by atoms with Gasteiger partial charge in [0.2, 0.25) is 0 Å². The first-order chi connectivity index (χ1) is 17.9. The molecule has 0 fully saturated rings. The third kappa shape index (κ3) is 3.31. The summed E-state index contributed by atoms with van der Waals surface area (Å²) in [6, 6.07) is 34.3. The first-order valence-electron chi connectivity index (χ1n) is 11.8. The summed E-state index contributed by atoms with van der Waals surface area (Å²) in [7, 11) is 0. The molecule has 0 bridgehead atoms. The van der Waals surface area contributed by atoms with Gasteiger partial charge in [-0.3, -0.25) is 0 Å². The number of hydrogen-bond donors (Lipinski definition) is 0. The Kier molecular flexibility index (Phi) is 4.74. The molecule has 0 spiro atoms. The van der Waals surface area contributed by atoms with E-state index in [1.165, 1.54) is 45.5 Å². The fourth-order valence-corrected chi connectivity index (χ4v) is 5.07. The Balaban J connectivity index is 1.45. The van der Waals surface area contributed by atoms with Gasteiger partial charge in [0.25, 0.3) is 0 Å². The molecule has 2 heterocycles. The Hall–Kier alpha value is -4.96. The molecule has 0 unspecified atom stereocenters. The summed E-state index contributed by atoms with van der Waals surface area (Å²) in [5.41, 5.74) is 6.80. The lowest BCUT2D eigenvalue weighted by Crippen LogP contribution is -1.91. The molecule has 0 amide bonds. The maximum absolute atomic E-state index is 5.48. The number of benzene rings is 5. The van der Waals surface area contributed by atoms with Crippen molar-refractivity contribution < 1.29 is 8.83 Å². The zero-order chi connectivity index (χ0) is 23.9. The predicted molar refractivity (Wildman–Crippen MR) is 143 cm³/mol. The van der Waals surface area contributed by atoms with E-state index in [0.717, 1.165) is 33.8 Å². The van der Waals surface area contributed by atoms with Crippen molar-refractivity contribution in [1.29, 1.82) is 0 Å². The third-order valence-corrected chi connectivity index (χ3v) is 6.71. The number of oxazole rings is 2. The molecule has 0 N–H and O–H groups in total. The highest BCUT2D eigenvalue weighted by atomic mass is 16.3. The van der Waals surface area contributed by atoms with Gasteiger partial charge in [0.15, 0.2) is 24.3 Å². The van der Waals surface area contributed by atoms with E-state index in [0.29, 0.717) is 0 Å². The summed E-state index contributed by atoms with van der Waals surface area (Å²) in [4.78, 5) is 8.09. The molecule has 7 aromatic rings. The highest BCUT2D eigenvalue weighted by Crippen LogP contribution is 2.44. The van der Waals surface area contributed by atoms with Crippen molar-refractivity contribution in [2.45, 2.75) is 0 Å². The van der Waals surface area contributed by atoms with E-state index < -0.39 is 0 Å². The fraction of sp³-hybridized carbons (Fsp3) is 0. The van der Waals surface area contributed by atoms with Gasteiger partial charge >= 0.3 is 0 Å². The van der Waals surface area contributed by atoms with E-state index in [2.05, 4.69) is 107 Å². The zero-order valence-corrected chi connectivity index (χ0v) is 19.3. The van der Waals surface area contributed by atoms with Crippen molar-refractivity contribution in [3.8, 4) is 44.9 Å². The zero-order valence-electron chi connectivity index (χ0n) is 19.3. The molecule has 36 heavy (non-hydrogen) atoms. The average Bonchev–Trinajstić information content (AvgIpc) is 3.67. The highest BCUT2D eigenvalue weighted by Gasteiger charge is 2.17. The Morgan fingerprint density at radius 1 is 0.389 bits per heavy atom. The third-order valence-electron chi connectivity index (χ3n) is 6.71. The quantitative estimate of drug-likeness (QED) is 0.245. The first-order valence-corrected chi connectivity index (χ1v) is 11.8. The van der Waals surface area contributed by atoms with Crippen LogP contribution in [0.1, 0.15) is 0 Å². The summed E-state index contributed by atoms with van der Waals surface area (Å²) >= 11 is 0. The lowest BCUT2D eigenvalue weighted by Gasteiger charge is -2.18. The summed E-state index contributed by atoms with van der Waals surface area (Å²) in [6.45, 7) is 0. The largest absolute Gasteiger partial charge is 0.444 e. The van der Waals surface area contributed by atoms with Crippen LogP contribution in [0.2, 0.25) is 0 Å². The van der Waals surface area contributed by atoms with Crippen LogP contribution in [-0.2, 0) is 0 Å². The van der Waals surface area contributed by atoms with E-state index >= 15 is 0 Å². The Labute approximate surface area is 207 Å². The van der Waals surface area contributed by atoms with Gasteiger partial charge in [-0.05, 0) is 43.8 Å². The number of rotatable bonds is 4. The van der Waals surface area contributed by atoms with E-state index in [9.17, 15) is 0 Å². The molecular weight excluding hydrogens is 444 g/mol. The SMILES string of the molecule is c1ccc2c(-c3ccc(-c4cnco4)cc3)c3ccccc3c(-c3ccc(-c4cnco4)cc3)c2c1. The van der Waals surface area contributed by atoms with Gasteiger partial charge in [-0.2, -0.15) is 0 Å². The predicted octanol–water partition coefficient (Wildman–Crippen LogP) is 8.64. The van der Waals surface area contributed by atoms with Crippen LogP contribution in [0.15, 0.2) is 131 Å². The van der Waals surface area contributed by atoms with Crippen LogP contribution in [0.3, 0.4) is 0 Å². The Morgan fingerprint density at radius 2 is 0.722 bits per heavy atom. The summed E-state index contributed by atoms with van der Waals surface area (Å²) < 4.78 is 11.0. The number of nitrogens with zero attached hydrogens (tertiary/aromatic N) is 2. The molecule has 7 rings (SSSR count). The van der Waals surface area contributed by atoms with Gasteiger partial charge in [-0.25, -0.2) is 9.97 Å². The van der Waals surface area contributed by atoms with Crippen LogP contribution in [0.25, 0.3) is 66.4 Å². The van der Waals surface area contributed by atoms with E-state index in [-0.39, 0.29) is 0 Å². The van der Waals surface area contributed by atoms with Gasteiger partial charge < -0.3 is 8.83 Å². The molecule has 0 atom stereocenters. The molecule has 0 radical (unpaired) electrons. The minimum atomic E-state index is 0.764. The number of hydrogen-bond acceptors (Lipinski definition) is 4. The van der Waals surface area contributed by atoms with Crippen molar-refractivity contribution in [2.24, 2.45) is 0 Å². The van der Waals surface area contributed by atoms with Crippen LogP contribution in [0.5, 0.6) is 0 Å².